The molecule has 2 amide bonds. The average Bonchev–Trinajstić information content (AvgIpc) is 2.84. The third kappa shape index (κ3) is 3.92. The number of likely N-dealkylation sites (N-methyl/N-ethyl adjacent to an activating group) is 1. The molecule has 0 saturated heterocycles. The van der Waals surface area contributed by atoms with Gasteiger partial charge in [-0.1, -0.05) is 41.9 Å². The van der Waals surface area contributed by atoms with Crippen molar-refractivity contribution in [3.63, 3.8) is 0 Å². The van der Waals surface area contributed by atoms with Gasteiger partial charge in [0.15, 0.2) is 12.4 Å². The van der Waals surface area contributed by atoms with Crippen molar-refractivity contribution >= 4 is 34.8 Å². The van der Waals surface area contributed by atoms with Gasteiger partial charge in [0, 0.05) is 35.3 Å². The highest BCUT2D eigenvalue weighted by Gasteiger charge is 2.36. The van der Waals surface area contributed by atoms with Gasteiger partial charge in [0.2, 0.25) is 5.91 Å². The number of halogens is 2. The van der Waals surface area contributed by atoms with Crippen LogP contribution in [0.3, 0.4) is 0 Å². The highest BCUT2D eigenvalue weighted by molar-refractivity contribution is 6.32. The van der Waals surface area contributed by atoms with Crippen LogP contribution in [-0.4, -0.2) is 24.6 Å². The van der Waals surface area contributed by atoms with Crippen molar-refractivity contribution in [3.8, 4) is 0 Å². The second-order valence-electron chi connectivity index (χ2n) is 6.67. The Kier molecular flexibility index (Phi) is 6.20. The Morgan fingerprint density at radius 2 is 1.77 bits per heavy atom. The maximum absolute atomic E-state index is 13.3. The predicted molar refractivity (Wildman–Crippen MR) is 111 cm³/mol. The number of carbonyl (C=O) groups excluding carboxylic acids is 2. The molecule has 0 bridgehead atoms. The van der Waals surface area contributed by atoms with Crippen LogP contribution in [0.25, 0.3) is 0 Å². The lowest BCUT2D eigenvalue weighted by atomic mass is 10.0. The minimum atomic E-state index is -0.844. The standard InChI is InChI=1S/C22H17ClN4O2.ClH/c1-26-18-8-7-16(23)13-17(18)19(14-5-3-2-4-6-14)25-21(22(26)29)27-11-9-15(10-12-27)20(24)28;/h2-13,21H,1H3,(H-,24,28);1H. The summed E-state index contributed by atoms with van der Waals surface area (Å²) in [5, 5.41) is 0.560. The maximum atomic E-state index is 13.3. The highest BCUT2D eigenvalue weighted by Crippen LogP contribution is 2.31. The summed E-state index contributed by atoms with van der Waals surface area (Å²) < 4.78 is 1.65. The number of nitrogens with two attached hydrogens (primary N) is 1. The van der Waals surface area contributed by atoms with Crippen LogP contribution in [0.4, 0.5) is 5.69 Å². The number of aromatic nitrogens is 1. The Morgan fingerprint density at radius 3 is 2.40 bits per heavy atom. The molecule has 1 aliphatic heterocycles. The quantitative estimate of drug-likeness (QED) is 0.569. The molecular weight excluding hydrogens is 423 g/mol. The number of nitrogens with zero attached hydrogens (tertiary/aromatic N) is 3. The van der Waals surface area contributed by atoms with Crippen LogP contribution in [0, 0.1) is 0 Å². The van der Waals surface area contributed by atoms with E-state index in [0.717, 1.165) is 16.8 Å². The average molecular weight is 441 g/mol. The van der Waals surface area contributed by atoms with Gasteiger partial charge in [-0.05, 0) is 18.2 Å². The molecule has 2 aromatic carbocycles. The van der Waals surface area contributed by atoms with E-state index >= 15 is 0 Å². The first-order valence-corrected chi connectivity index (χ1v) is 9.35. The number of hydrogen-bond donors (Lipinski definition) is 1. The van der Waals surface area contributed by atoms with Crippen molar-refractivity contribution in [2.75, 3.05) is 11.9 Å². The van der Waals surface area contributed by atoms with Gasteiger partial charge < -0.3 is 23.0 Å². The third-order valence-electron chi connectivity index (χ3n) is 4.84. The monoisotopic (exact) mass is 440 g/mol. The molecule has 1 atom stereocenters. The molecule has 0 fully saturated rings. The number of amides is 2. The molecule has 8 heteroatoms. The van der Waals surface area contributed by atoms with E-state index in [0.29, 0.717) is 16.3 Å². The number of rotatable bonds is 3. The van der Waals surface area contributed by atoms with E-state index in [1.165, 1.54) is 0 Å². The Balaban J connectivity index is 0.00000256. The van der Waals surface area contributed by atoms with E-state index in [1.54, 1.807) is 47.1 Å². The lowest BCUT2D eigenvalue weighted by molar-refractivity contribution is -0.707. The van der Waals surface area contributed by atoms with Gasteiger partial charge in [0.1, 0.15) is 0 Å². The highest BCUT2D eigenvalue weighted by atomic mass is 35.5. The summed E-state index contributed by atoms with van der Waals surface area (Å²) in [7, 11) is 1.71. The smallest absolute Gasteiger partial charge is 0.331 e. The van der Waals surface area contributed by atoms with Gasteiger partial charge >= 0.3 is 12.1 Å². The molecule has 2 heterocycles. The summed E-state index contributed by atoms with van der Waals surface area (Å²) in [6, 6.07) is 18.2. The Hall–Kier alpha value is -3.22. The van der Waals surface area contributed by atoms with Crippen LogP contribution >= 0.6 is 11.6 Å². The number of anilines is 1. The first-order chi connectivity index (χ1) is 14.0. The molecule has 0 spiro atoms. The largest absolute Gasteiger partial charge is 1.00 e. The molecular formula is C22H18Cl2N4O2. The van der Waals surface area contributed by atoms with Gasteiger partial charge in [0.05, 0.1) is 17.0 Å². The molecule has 0 saturated carbocycles. The van der Waals surface area contributed by atoms with E-state index in [1.807, 2.05) is 42.5 Å². The van der Waals surface area contributed by atoms with Gasteiger partial charge in [-0.2, -0.15) is 4.57 Å². The van der Waals surface area contributed by atoms with Crippen LogP contribution in [-0.2, 0) is 4.79 Å². The molecule has 0 radical (unpaired) electrons. The molecule has 2 N–H and O–H groups in total. The number of aliphatic imine (C=N–C) groups is 1. The number of primary amides is 1. The van der Waals surface area contributed by atoms with Gasteiger partial charge in [-0.15, -0.1) is 0 Å². The zero-order chi connectivity index (χ0) is 20.5. The second kappa shape index (κ2) is 8.65. The summed E-state index contributed by atoms with van der Waals surface area (Å²) in [5.74, 6) is -0.742. The Bertz CT molecular complexity index is 1130. The predicted octanol–water partition coefficient (Wildman–Crippen LogP) is -0.257. The lowest BCUT2D eigenvalue weighted by Crippen LogP contribution is -3.00. The van der Waals surface area contributed by atoms with Crippen molar-refractivity contribution in [1.82, 2.24) is 0 Å². The molecule has 4 rings (SSSR count). The minimum Gasteiger partial charge on any atom is -1.00 e. The van der Waals surface area contributed by atoms with Crippen LogP contribution < -0.4 is 27.6 Å². The third-order valence-corrected chi connectivity index (χ3v) is 5.08. The molecule has 1 unspecified atom stereocenters. The topological polar surface area (TPSA) is 79.6 Å². The molecule has 0 aliphatic carbocycles. The molecule has 1 aromatic heterocycles. The molecule has 6 nitrogen and oxygen atoms in total. The SMILES string of the molecule is CN1C(=O)C([n+]2ccc(C(N)=O)cc2)N=C(c2ccccc2)c2cc(Cl)ccc21.[Cl-]. The van der Waals surface area contributed by atoms with Crippen LogP contribution in [0.15, 0.2) is 78.0 Å². The van der Waals surface area contributed by atoms with Gasteiger partial charge in [-0.3, -0.25) is 9.59 Å². The summed E-state index contributed by atoms with van der Waals surface area (Å²) >= 11 is 6.26. The number of hydrogen-bond acceptors (Lipinski definition) is 3. The summed E-state index contributed by atoms with van der Waals surface area (Å²) in [5.41, 5.74) is 8.72. The van der Waals surface area contributed by atoms with Crippen LogP contribution in [0.5, 0.6) is 0 Å². The fourth-order valence-electron chi connectivity index (χ4n) is 3.31. The van der Waals surface area contributed by atoms with Crippen molar-refractivity contribution in [2.45, 2.75) is 6.17 Å². The zero-order valence-electron chi connectivity index (χ0n) is 16.0. The Labute approximate surface area is 185 Å². The first-order valence-electron chi connectivity index (χ1n) is 8.97. The molecule has 1 aliphatic rings. The summed E-state index contributed by atoms with van der Waals surface area (Å²) in [4.78, 5) is 31.0. The number of benzene rings is 2. The van der Waals surface area contributed by atoms with E-state index in [-0.39, 0.29) is 18.3 Å². The van der Waals surface area contributed by atoms with E-state index in [4.69, 9.17) is 22.3 Å². The van der Waals surface area contributed by atoms with Crippen molar-refractivity contribution in [1.29, 1.82) is 0 Å². The van der Waals surface area contributed by atoms with Gasteiger partial charge in [0.25, 0.3) is 0 Å². The molecule has 30 heavy (non-hydrogen) atoms. The summed E-state index contributed by atoms with van der Waals surface area (Å²) in [6.07, 6.45) is 2.42. The Morgan fingerprint density at radius 1 is 1.10 bits per heavy atom. The van der Waals surface area contributed by atoms with Crippen LogP contribution in [0.2, 0.25) is 5.02 Å². The van der Waals surface area contributed by atoms with E-state index in [2.05, 4.69) is 0 Å². The lowest BCUT2D eigenvalue weighted by Gasteiger charge is -2.18. The zero-order valence-corrected chi connectivity index (χ0v) is 17.5. The fourth-order valence-corrected chi connectivity index (χ4v) is 3.49. The first kappa shape index (κ1) is 21.5. The normalized spacial score (nSPS) is 15.5. The number of carbonyl (C=O) groups is 2. The van der Waals surface area contributed by atoms with Crippen LogP contribution in [0.1, 0.15) is 27.7 Å². The van der Waals surface area contributed by atoms with Crippen molar-refractivity contribution in [3.05, 3.63) is 94.8 Å². The van der Waals surface area contributed by atoms with E-state index < -0.39 is 12.1 Å². The maximum Gasteiger partial charge on any atom is 0.331 e. The second-order valence-corrected chi connectivity index (χ2v) is 7.11. The number of fused-ring (bicyclic) bond motifs is 1. The molecule has 152 valence electrons. The molecule has 3 aromatic rings. The van der Waals surface area contributed by atoms with Gasteiger partial charge in [-0.25, -0.2) is 4.99 Å². The fraction of sp³-hybridized carbons (Fsp3) is 0.0909. The number of pyridine rings is 1. The summed E-state index contributed by atoms with van der Waals surface area (Å²) in [6.45, 7) is 0. The number of benzodiazepines with no additional fused rings is 1. The van der Waals surface area contributed by atoms with Crippen molar-refractivity contribution in [2.24, 2.45) is 10.7 Å². The van der Waals surface area contributed by atoms with Crippen molar-refractivity contribution < 1.29 is 26.6 Å². The van der Waals surface area contributed by atoms with E-state index in [9.17, 15) is 9.59 Å². The minimum absolute atomic E-state index is 0.